The number of aryl methyl sites for hydroxylation is 1. The highest BCUT2D eigenvalue weighted by molar-refractivity contribution is 7.98. The quantitative estimate of drug-likeness (QED) is 0.848. The lowest BCUT2D eigenvalue weighted by Crippen LogP contribution is -2.27. The lowest BCUT2D eigenvalue weighted by atomic mass is 10.1. The molecule has 126 valence electrons. The zero-order valence-corrected chi connectivity index (χ0v) is 15.2. The van der Waals surface area contributed by atoms with E-state index in [4.69, 9.17) is 0 Å². The van der Waals surface area contributed by atoms with E-state index in [-0.39, 0.29) is 11.8 Å². The minimum absolute atomic E-state index is 0.00113. The normalized spacial score (nSPS) is 10.3. The molecule has 0 saturated heterocycles. The number of thioether (sulfide) groups is 1. The summed E-state index contributed by atoms with van der Waals surface area (Å²) in [6.45, 7) is 2.44. The van der Waals surface area contributed by atoms with Crippen molar-refractivity contribution in [3.05, 3.63) is 64.7 Å². The van der Waals surface area contributed by atoms with Crippen molar-refractivity contribution < 1.29 is 9.59 Å². The maximum Gasteiger partial charge on any atom is 0.254 e. The molecule has 24 heavy (non-hydrogen) atoms. The molecule has 4 nitrogen and oxygen atoms in total. The maximum absolute atomic E-state index is 12.7. The van der Waals surface area contributed by atoms with Gasteiger partial charge in [-0.05, 0) is 48.6 Å². The highest BCUT2D eigenvalue weighted by atomic mass is 32.2. The zero-order chi connectivity index (χ0) is 17.7. The molecular weight excluding hydrogens is 320 g/mol. The summed E-state index contributed by atoms with van der Waals surface area (Å²) in [5.41, 5.74) is 3.29. The van der Waals surface area contributed by atoms with Crippen LogP contribution in [0.3, 0.4) is 0 Å². The number of carbonyl (C=O) groups is 2. The highest BCUT2D eigenvalue weighted by Gasteiger charge is 2.15. The smallest absolute Gasteiger partial charge is 0.254 e. The molecular formula is C19H22N2O2S. The predicted octanol–water partition coefficient (Wildman–Crippen LogP) is 3.35. The van der Waals surface area contributed by atoms with Crippen LogP contribution >= 0.6 is 11.8 Å². The third kappa shape index (κ3) is 4.17. The van der Waals surface area contributed by atoms with Gasteiger partial charge in [0.1, 0.15) is 0 Å². The Morgan fingerprint density at radius 3 is 2.38 bits per heavy atom. The molecule has 2 aromatic rings. The molecule has 0 heterocycles. The van der Waals surface area contributed by atoms with E-state index >= 15 is 0 Å². The summed E-state index contributed by atoms with van der Waals surface area (Å²) in [6, 6.07) is 13.2. The zero-order valence-electron chi connectivity index (χ0n) is 14.4. The molecule has 0 aliphatic heterocycles. The van der Waals surface area contributed by atoms with Gasteiger partial charge in [-0.15, -0.1) is 11.8 Å². The number of hydrogen-bond acceptors (Lipinski definition) is 3. The summed E-state index contributed by atoms with van der Waals surface area (Å²) in [6.07, 6.45) is 2.00. The molecule has 0 aromatic heterocycles. The Morgan fingerprint density at radius 2 is 1.79 bits per heavy atom. The Labute approximate surface area is 147 Å². The van der Waals surface area contributed by atoms with Gasteiger partial charge in [-0.25, -0.2) is 0 Å². The van der Waals surface area contributed by atoms with Crippen molar-refractivity contribution in [2.45, 2.75) is 18.4 Å². The SMILES string of the molecule is CNC(=O)c1ccc(CN(C)C(=O)c2cc(SC)ccc2C)cc1. The standard InChI is InChI=1S/C19H22N2O2S/c1-13-5-10-16(24-4)11-17(13)19(23)21(3)12-14-6-8-15(9-7-14)18(22)20-2/h5-11H,12H2,1-4H3,(H,20,22). The Bertz CT molecular complexity index is 742. The number of carbonyl (C=O) groups excluding carboxylic acids is 2. The topological polar surface area (TPSA) is 49.4 Å². The van der Waals surface area contributed by atoms with Gasteiger partial charge in [-0.2, -0.15) is 0 Å². The van der Waals surface area contributed by atoms with Crippen LogP contribution in [0.2, 0.25) is 0 Å². The molecule has 0 aliphatic rings. The Kier molecular flexibility index (Phi) is 6.04. The Morgan fingerprint density at radius 1 is 1.12 bits per heavy atom. The van der Waals surface area contributed by atoms with Crippen LogP contribution in [0.15, 0.2) is 47.4 Å². The number of rotatable bonds is 5. The molecule has 0 spiro atoms. The molecule has 2 rings (SSSR count). The molecule has 1 N–H and O–H groups in total. The lowest BCUT2D eigenvalue weighted by molar-refractivity contribution is 0.0783. The third-order valence-electron chi connectivity index (χ3n) is 3.88. The van der Waals surface area contributed by atoms with Crippen molar-refractivity contribution in [3.8, 4) is 0 Å². The summed E-state index contributed by atoms with van der Waals surface area (Å²) in [5, 5.41) is 2.59. The fourth-order valence-corrected chi connectivity index (χ4v) is 2.86. The van der Waals surface area contributed by atoms with Crippen LogP contribution in [0.1, 0.15) is 31.8 Å². The van der Waals surface area contributed by atoms with Gasteiger partial charge >= 0.3 is 0 Å². The van der Waals surface area contributed by atoms with Gasteiger partial charge in [-0.3, -0.25) is 9.59 Å². The summed E-state index contributed by atoms with van der Waals surface area (Å²) in [4.78, 5) is 27.0. The largest absolute Gasteiger partial charge is 0.355 e. The summed E-state index contributed by atoms with van der Waals surface area (Å²) >= 11 is 1.62. The van der Waals surface area contributed by atoms with E-state index in [9.17, 15) is 9.59 Å². The van der Waals surface area contributed by atoms with E-state index < -0.39 is 0 Å². The fraction of sp³-hybridized carbons (Fsp3) is 0.263. The van der Waals surface area contributed by atoms with E-state index in [0.29, 0.717) is 12.1 Å². The van der Waals surface area contributed by atoms with Gasteiger partial charge in [0, 0.05) is 36.7 Å². The summed E-state index contributed by atoms with van der Waals surface area (Å²) in [5.74, 6) is -0.116. The first-order valence-corrected chi connectivity index (χ1v) is 8.90. The maximum atomic E-state index is 12.7. The van der Waals surface area contributed by atoms with E-state index in [0.717, 1.165) is 21.6 Å². The first-order valence-electron chi connectivity index (χ1n) is 7.67. The van der Waals surface area contributed by atoms with Gasteiger partial charge in [-0.1, -0.05) is 18.2 Å². The first kappa shape index (κ1) is 18.1. The predicted molar refractivity (Wildman–Crippen MR) is 98.6 cm³/mol. The number of amides is 2. The lowest BCUT2D eigenvalue weighted by Gasteiger charge is -2.19. The van der Waals surface area contributed by atoms with Crippen LogP contribution in [-0.2, 0) is 6.54 Å². The van der Waals surface area contributed by atoms with E-state index in [2.05, 4.69) is 5.32 Å². The molecule has 0 aliphatic carbocycles. The number of hydrogen-bond donors (Lipinski definition) is 1. The van der Waals surface area contributed by atoms with Crippen molar-refractivity contribution in [3.63, 3.8) is 0 Å². The average Bonchev–Trinajstić information content (AvgIpc) is 2.61. The van der Waals surface area contributed by atoms with Crippen molar-refractivity contribution in [2.24, 2.45) is 0 Å². The monoisotopic (exact) mass is 342 g/mol. The summed E-state index contributed by atoms with van der Waals surface area (Å²) < 4.78 is 0. The number of nitrogens with zero attached hydrogens (tertiary/aromatic N) is 1. The van der Waals surface area contributed by atoms with Gasteiger partial charge in [0.25, 0.3) is 11.8 Å². The fourth-order valence-electron chi connectivity index (χ4n) is 2.42. The Hall–Kier alpha value is -2.27. The van der Waals surface area contributed by atoms with Crippen LogP contribution in [0.25, 0.3) is 0 Å². The van der Waals surface area contributed by atoms with Gasteiger partial charge < -0.3 is 10.2 Å². The van der Waals surface area contributed by atoms with Crippen LogP contribution in [0.5, 0.6) is 0 Å². The minimum atomic E-state index is -0.115. The van der Waals surface area contributed by atoms with Crippen molar-refractivity contribution in [1.29, 1.82) is 0 Å². The van der Waals surface area contributed by atoms with Crippen LogP contribution in [0.4, 0.5) is 0 Å². The minimum Gasteiger partial charge on any atom is -0.355 e. The van der Waals surface area contributed by atoms with Crippen molar-refractivity contribution in [1.82, 2.24) is 10.2 Å². The molecule has 2 amide bonds. The van der Waals surface area contributed by atoms with Crippen molar-refractivity contribution >= 4 is 23.6 Å². The molecule has 5 heteroatoms. The van der Waals surface area contributed by atoms with Gasteiger partial charge in [0.05, 0.1) is 0 Å². The Balaban J connectivity index is 2.13. The molecule has 0 radical (unpaired) electrons. The second kappa shape index (κ2) is 8.02. The molecule has 0 bridgehead atoms. The second-order valence-electron chi connectivity index (χ2n) is 5.62. The molecule has 0 saturated carbocycles. The molecule has 0 fully saturated rings. The van der Waals surface area contributed by atoms with Gasteiger partial charge in [0.2, 0.25) is 0 Å². The van der Waals surface area contributed by atoms with Crippen LogP contribution in [0, 0.1) is 6.92 Å². The van der Waals surface area contributed by atoms with Gasteiger partial charge in [0.15, 0.2) is 0 Å². The molecule has 0 atom stereocenters. The van der Waals surface area contributed by atoms with Crippen LogP contribution < -0.4 is 5.32 Å². The number of benzene rings is 2. The van der Waals surface area contributed by atoms with E-state index in [1.165, 1.54) is 0 Å². The third-order valence-corrected chi connectivity index (χ3v) is 4.61. The first-order chi connectivity index (χ1) is 11.5. The molecule has 2 aromatic carbocycles. The second-order valence-corrected chi connectivity index (χ2v) is 6.50. The van der Waals surface area contributed by atoms with E-state index in [1.54, 1.807) is 42.9 Å². The van der Waals surface area contributed by atoms with E-state index in [1.807, 2.05) is 43.5 Å². The number of nitrogens with one attached hydrogen (secondary N) is 1. The highest BCUT2D eigenvalue weighted by Crippen LogP contribution is 2.20. The summed E-state index contributed by atoms with van der Waals surface area (Å²) in [7, 11) is 3.40. The van der Waals surface area contributed by atoms with Crippen molar-refractivity contribution in [2.75, 3.05) is 20.4 Å². The average molecular weight is 342 g/mol. The van der Waals surface area contributed by atoms with Crippen LogP contribution in [-0.4, -0.2) is 37.1 Å². The molecule has 0 unspecified atom stereocenters.